The Morgan fingerprint density at radius 3 is 2.36 bits per heavy atom. The van der Waals surface area contributed by atoms with Crippen LogP contribution in [-0.2, 0) is 4.79 Å². The summed E-state index contributed by atoms with van der Waals surface area (Å²) in [6.45, 7) is 5.86. The lowest BCUT2D eigenvalue weighted by molar-refractivity contribution is -0.121. The molecule has 0 aliphatic rings. The number of ketones is 1. The zero-order valence-corrected chi connectivity index (χ0v) is 15.1. The van der Waals surface area contributed by atoms with Crippen molar-refractivity contribution in [1.82, 2.24) is 0 Å². The minimum atomic E-state index is -0.676. The van der Waals surface area contributed by atoms with Crippen molar-refractivity contribution in [3.63, 3.8) is 0 Å². The van der Waals surface area contributed by atoms with Gasteiger partial charge in [0.1, 0.15) is 5.78 Å². The van der Waals surface area contributed by atoms with Gasteiger partial charge in [0.2, 0.25) is 0 Å². The molecule has 0 saturated heterocycles. The van der Waals surface area contributed by atoms with E-state index in [0.29, 0.717) is 6.42 Å². The topological polar surface area (TPSA) is 37.3 Å². The van der Waals surface area contributed by atoms with E-state index in [9.17, 15) is 9.90 Å². The van der Waals surface area contributed by atoms with Gasteiger partial charge in [-0.3, -0.25) is 4.79 Å². The van der Waals surface area contributed by atoms with Crippen molar-refractivity contribution in [1.29, 1.82) is 0 Å². The van der Waals surface area contributed by atoms with Gasteiger partial charge in [-0.05, 0) is 25.7 Å². The van der Waals surface area contributed by atoms with Crippen LogP contribution < -0.4 is 0 Å². The molecule has 3 heteroatoms. The van der Waals surface area contributed by atoms with Gasteiger partial charge in [0.05, 0.1) is 11.5 Å². The van der Waals surface area contributed by atoms with Crippen molar-refractivity contribution in [2.45, 2.75) is 102 Å². The van der Waals surface area contributed by atoms with E-state index in [4.69, 9.17) is 11.6 Å². The quantitative estimate of drug-likeness (QED) is 0.220. The van der Waals surface area contributed by atoms with Crippen LogP contribution in [0.15, 0.2) is 12.7 Å². The Balaban J connectivity index is 3.53. The lowest BCUT2D eigenvalue weighted by atomic mass is 10.0. The van der Waals surface area contributed by atoms with Crippen LogP contribution >= 0.6 is 11.6 Å². The number of aliphatic hydroxyl groups excluding tert-OH is 1. The second-order valence-electron chi connectivity index (χ2n) is 6.27. The molecular weight excluding hydrogens is 296 g/mol. The fourth-order valence-electron chi connectivity index (χ4n) is 2.56. The average Bonchev–Trinajstić information content (AvgIpc) is 2.50. The molecule has 22 heavy (non-hydrogen) atoms. The van der Waals surface area contributed by atoms with Gasteiger partial charge >= 0.3 is 0 Å². The second kappa shape index (κ2) is 15.6. The Kier molecular flexibility index (Phi) is 15.3. The van der Waals surface area contributed by atoms with Gasteiger partial charge < -0.3 is 5.11 Å². The molecule has 0 aliphatic heterocycles. The van der Waals surface area contributed by atoms with Crippen LogP contribution in [0, 0.1) is 0 Å². The van der Waals surface area contributed by atoms with Crippen LogP contribution in [0.3, 0.4) is 0 Å². The first-order valence-corrected chi connectivity index (χ1v) is 9.50. The predicted molar refractivity (Wildman–Crippen MR) is 96.5 cm³/mol. The highest BCUT2D eigenvalue weighted by Crippen LogP contribution is 2.17. The fourth-order valence-corrected chi connectivity index (χ4v) is 2.81. The third-order valence-corrected chi connectivity index (χ3v) is 4.56. The van der Waals surface area contributed by atoms with Crippen molar-refractivity contribution < 1.29 is 9.90 Å². The Morgan fingerprint density at radius 1 is 1.09 bits per heavy atom. The number of unbranched alkanes of at least 4 members (excludes halogenated alkanes) is 8. The molecule has 0 aromatic rings. The molecule has 0 rings (SSSR count). The summed E-state index contributed by atoms with van der Waals surface area (Å²) in [4.78, 5) is 11.8. The molecule has 0 unspecified atom stereocenters. The smallest absolute Gasteiger partial charge is 0.135 e. The molecule has 0 aromatic carbocycles. The van der Waals surface area contributed by atoms with Gasteiger partial charge in [-0.1, -0.05) is 57.9 Å². The highest BCUT2D eigenvalue weighted by molar-refractivity contribution is 6.21. The third-order valence-electron chi connectivity index (χ3n) is 4.05. The SMILES string of the molecule is C=CCCCCCCCCC(=O)C[C@@H](O)[C@@H](Cl)CCCCC. The lowest BCUT2D eigenvalue weighted by Crippen LogP contribution is -2.24. The summed E-state index contributed by atoms with van der Waals surface area (Å²) < 4.78 is 0. The Bertz CT molecular complexity index is 279. The molecule has 0 fully saturated rings. The van der Waals surface area contributed by atoms with E-state index in [-0.39, 0.29) is 17.6 Å². The van der Waals surface area contributed by atoms with Gasteiger partial charge in [-0.2, -0.15) is 0 Å². The van der Waals surface area contributed by atoms with Gasteiger partial charge in [0.15, 0.2) is 0 Å². The number of alkyl halides is 1. The summed E-state index contributed by atoms with van der Waals surface area (Å²) in [6, 6.07) is 0. The molecule has 2 nitrogen and oxygen atoms in total. The number of aliphatic hydroxyl groups is 1. The van der Waals surface area contributed by atoms with Crippen LogP contribution in [0.2, 0.25) is 0 Å². The number of allylic oxidation sites excluding steroid dienone is 1. The monoisotopic (exact) mass is 330 g/mol. The largest absolute Gasteiger partial charge is 0.391 e. The normalized spacial score (nSPS) is 13.8. The second-order valence-corrected chi connectivity index (χ2v) is 6.83. The Labute approximate surface area is 142 Å². The Morgan fingerprint density at radius 2 is 1.73 bits per heavy atom. The number of hydrogen-bond donors (Lipinski definition) is 1. The average molecular weight is 331 g/mol. The van der Waals surface area contributed by atoms with Crippen molar-refractivity contribution in [2.75, 3.05) is 0 Å². The number of rotatable bonds is 16. The predicted octanol–water partition coefficient (Wildman–Crippen LogP) is 5.80. The fraction of sp³-hybridized carbons (Fsp3) is 0.842. The highest BCUT2D eigenvalue weighted by Gasteiger charge is 2.19. The molecule has 2 atom stereocenters. The number of halogens is 1. The lowest BCUT2D eigenvalue weighted by Gasteiger charge is -2.16. The molecule has 0 amide bonds. The van der Waals surface area contributed by atoms with E-state index < -0.39 is 6.10 Å². The van der Waals surface area contributed by atoms with Gasteiger partial charge in [0.25, 0.3) is 0 Å². The minimum absolute atomic E-state index is 0.153. The standard InChI is InChI=1S/C19H35ClO2/c1-3-5-7-8-9-10-11-13-14-17(21)16-19(22)18(20)15-12-6-4-2/h3,18-19,22H,1,4-16H2,2H3/t18-,19+/m0/s1. The van der Waals surface area contributed by atoms with Gasteiger partial charge in [-0.25, -0.2) is 0 Å². The number of hydrogen-bond acceptors (Lipinski definition) is 2. The maximum Gasteiger partial charge on any atom is 0.135 e. The van der Waals surface area contributed by atoms with E-state index in [1.54, 1.807) is 0 Å². The maximum atomic E-state index is 11.8. The van der Waals surface area contributed by atoms with E-state index >= 15 is 0 Å². The van der Waals surface area contributed by atoms with Crippen LogP contribution in [0.5, 0.6) is 0 Å². The van der Waals surface area contributed by atoms with Crippen molar-refractivity contribution in [3.05, 3.63) is 12.7 Å². The molecule has 0 saturated carbocycles. The summed E-state index contributed by atoms with van der Waals surface area (Å²) in [7, 11) is 0. The van der Waals surface area contributed by atoms with E-state index in [0.717, 1.165) is 44.9 Å². The zero-order chi connectivity index (χ0) is 16.6. The molecule has 0 aliphatic carbocycles. The number of carbonyl (C=O) groups excluding carboxylic acids is 1. The molecule has 1 N–H and O–H groups in total. The summed E-state index contributed by atoms with van der Waals surface area (Å²) in [6.07, 6.45) is 14.3. The molecule has 0 aromatic heterocycles. The summed E-state index contributed by atoms with van der Waals surface area (Å²) in [5.41, 5.74) is 0. The van der Waals surface area contributed by atoms with E-state index in [1.807, 2.05) is 6.08 Å². The molecule has 0 heterocycles. The van der Waals surface area contributed by atoms with Crippen LogP contribution in [0.4, 0.5) is 0 Å². The molecule has 130 valence electrons. The molecule has 0 spiro atoms. The van der Waals surface area contributed by atoms with Gasteiger partial charge in [0, 0.05) is 12.8 Å². The summed E-state index contributed by atoms with van der Waals surface area (Å²) >= 11 is 6.15. The highest BCUT2D eigenvalue weighted by atomic mass is 35.5. The van der Waals surface area contributed by atoms with E-state index in [2.05, 4.69) is 13.5 Å². The number of carbonyl (C=O) groups is 1. The first kappa shape index (κ1) is 21.7. The molecular formula is C19H35ClO2. The van der Waals surface area contributed by atoms with Crippen molar-refractivity contribution in [2.24, 2.45) is 0 Å². The van der Waals surface area contributed by atoms with Crippen LogP contribution in [-0.4, -0.2) is 22.4 Å². The zero-order valence-electron chi connectivity index (χ0n) is 14.4. The first-order chi connectivity index (χ1) is 10.6. The van der Waals surface area contributed by atoms with E-state index in [1.165, 1.54) is 25.7 Å². The summed E-state index contributed by atoms with van der Waals surface area (Å²) in [5, 5.41) is 9.67. The van der Waals surface area contributed by atoms with Crippen LogP contribution in [0.1, 0.15) is 90.4 Å². The first-order valence-electron chi connectivity index (χ1n) is 9.06. The van der Waals surface area contributed by atoms with Crippen molar-refractivity contribution in [3.8, 4) is 0 Å². The van der Waals surface area contributed by atoms with Gasteiger partial charge in [-0.15, -0.1) is 18.2 Å². The summed E-state index contributed by atoms with van der Waals surface area (Å²) in [5.74, 6) is 0.153. The maximum absolute atomic E-state index is 11.8. The molecule has 0 radical (unpaired) electrons. The molecule has 0 bridgehead atoms. The van der Waals surface area contributed by atoms with Crippen molar-refractivity contribution >= 4 is 17.4 Å². The minimum Gasteiger partial charge on any atom is -0.391 e. The third kappa shape index (κ3) is 13.3. The van der Waals surface area contributed by atoms with Crippen LogP contribution in [0.25, 0.3) is 0 Å². The number of Topliss-reactive ketones (excluding diaryl/α,β-unsaturated/α-hetero) is 1. The Hall–Kier alpha value is -0.340.